The molecular weight excluding hydrogens is 324 g/mol. The van der Waals surface area contributed by atoms with E-state index in [0.717, 1.165) is 25.7 Å². The SMILES string of the molecule is CCCCc1ccc(S(=O)(=O)N2CCN(C(=O)CCC)CC2)cc1. The highest BCUT2D eigenvalue weighted by atomic mass is 32.2. The molecular formula is C18H28N2O3S. The van der Waals surface area contributed by atoms with Crippen LogP contribution in [0.2, 0.25) is 0 Å². The third-order valence-corrected chi connectivity index (χ3v) is 6.35. The van der Waals surface area contributed by atoms with Crippen LogP contribution in [0.15, 0.2) is 29.2 Å². The van der Waals surface area contributed by atoms with E-state index >= 15 is 0 Å². The summed E-state index contributed by atoms with van der Waals surface area (Å²) < 4.78 is 27.0. The van der Waals surface area contributed by atoms with Crippen molar-refractivity contribution < 1.29 is 13.2 Å². The van der Waals surface area contributed by atoms with E-state index in [0.29, 0.717) is 37.5 Å². The van der Waals surface area contributed by atoms with Gasteiger partial charge >= 0.3 is 0 Å². The smallest absolute Gasteiger partial charge is 0.243 e. The summed E-state index contributed by atoms with van der Waals surface area (Å²) in [5.74, 6) is 0.120. The van der Waals surface area contributed by atoms with E-state index in [1.807, 2.05) is 19.1 Å². The first-order valence-corrected chi connectivity index (χ1v) is 10.3. The Morgan fingerprint density at radius 1 is 1.00 bits per heavy atom. The Bertz CT molecular complexity index is 633. The fourth-order valence-electron chi connectivity index (χ4n) is 2.91. The quantitative estimate of drug-likeness (QED) is 0.758. The maximum absolute atomic E-state index is 12.7. The molecule has 0 spiro atoms. The highest BCUT2D eigenvalue weighted by Gasteiger charge is 2.29. The Kier molecular flexibility index (Phi) is 6.80. The normalized spacial score (nSPS) is 16.3. The van der Waals surface area contributed by atoms with Gasteiger partial charge in [0.2, 0.25) is 15.9 Å². The topological polar surface area (TPSA) is 57.7 Å². The number of carbonyl (C=O) groups is 1. The standard InChI is InChI=1S/C18H28N2O3S/c1-3-5-7-16-8-10-17(11-9-16)24(22,23)20-14-12-19(13-15-20)18(21)6-4-2/h8-11H,3-7,12-15H2,1-2H3. The Morgan fingerprint density at radius 2 is 1.62 bits per heavy atom. The Labute approximate surface area is 145 Å². The molecule has 0 bridgehead atoms. The number of nitrogens with zero attached hydrogens (tertiary/aromatic N) is 2. The van der Waals surface area contributed by atoms with Crippen molar-refractivity contribution >= 4 is 15.9 Å². The Morgan fingerprint density at radius 3 is 2.17 bits per heavy atom. The fraction of sp³-hybridized carbons (Fsp3) is 0.611. The third-order valence-electron chi connectivity index (χ3n) is 4.44. The van der Waals surface area contributed by atoms with Crippen LogP contribution in [0.5, 0.6) is 0 Å². The second kappa shape index (κ2) is 8.62. The Hall–Kier alpha value is -1.40. The lowest BCUT2D eigenvalue weighted by atomic mass is 10.1. The molecule has 1 heterocycles. The van der Waals surface area contributed by atoms with Gasteiger partial charge in [-0.1, -0.05) is 32.4 Å². The van der Waals surface area contributed by atoms with Crippen molar-refractivity contribution in [2.75, 3.05) is 26.2 Å². The molecule has 2 rings (SSSR count). The molecule has 1 fully saturated rings. The number of unbranched alkanes of at least 4 members (excludes halogenated alkanes) is 1. The maximum atomic E-state index is 12.7. The molecule has 24 heavy (non-hydrogen) atoms. The molecule has 1 aromatic rings. The van der Waals surface area contributed by atoms with E-state index < -0.39 is 10.0 Å². The van der Waals surface area contributed by atoms with Crippen molar-refractivity contribution in [2.24, 2.45) is 0 Å². The van der Waals surface area contributed by atoms with Gasteiger partial charge in [-0.15, -0.1) is 0 Å². The molecule has 1 saturated heterocycles. The van der Waals surface area contributed by atoms with Crippen molar-refractivity contribution in [2.45, 2.75) is 50.8 Å². The summed E-state index contributed by atoms with van der Waals surface area (Å²) in [4.78, 5) is 14.0. The number of hydrogen-bond acceptors (Lipinski definition) is 3. The van der Waals surface area contributed by atoms with Crippen LogP contribution in [0, 0.1) is 0 Å². The van der Waals surface area contributed by atoms with Crippen LogP contribution in [0.3, 0.4) is 0 Å². The lowest BCUT2D eigenvalue weighted by Gasteiger charge is -2.34. The second-order valence-electron chi connectivity index (χ2n) is 6.28. The minimum absolute atomic E-state index is 0.120. The molecule has 0 aromatic heterocycles. The number of hydrogen-bond donors (Lipinski definition) is 0. The van der Waals surface area contributed by atoms with Crippen molar-refractivity contribution in [3.05, 3.63) is 29.8 Å². The molecule has 0 atom stereocenters. The first-order chi connectivity index (χ1) is 11.5. The largest absolute Gasteiger partial charge is 0.340 e. The summed E-state index contributed by atoms with van der Waals surface area (Å²) in [5.41, 5.74) is 1.17. The predicted molar refractivity (Wildman–Crippen MR) is 95.3 cm³/mol. The summed E-state index contributed by atoms with van der Waals surface area (Å²) in [7, 11) is -3.47. The van der Waals surface area contributed by atoms with Crippen LogP contribution in [-0.2, 0) is 21.2 Å². The minimum atomic E-state index is -3.47. The van der Waals surface area contributed by atoms with Crippen molar-refractivity contribution in [1.29, 1.82) is 0 Å². The molecule has 1 aromatic carbocycles. The number of rotatable bonds is 7. The molecule has 1 aliphatic rings. The highest BCUT2D eigenvalue weighted by molar-refractivity contribution is 7.89. The number of benzene rings is 1. The summed E-state index contributed by atoms with van der Waals surface area (Å²) in [6.45, 7) is 5.82. The van der Waals surface area contributed by atoms with Crippen molar-refractivity contribution in [3.63, 3.8) is 0 Å². The van der Waals surface area contributed by atoms with Gasteiger partial charge < -0.3 is 4.90 Å². The Balaban J connectivity index is 1.99. The number of aryl methyl sites for hydroxylation is 1. The summed E-state index contributed by atoms with van der Waals surface area (Å²) in [6, 6.07) is 7.22. The predicted octanol–water partition coefficient (Wildman–Crippen LogP) is 2.66. The van der Waals surface area contributed by atoms with Crippen LogP contribution in [-0.4, -0.2) is 49.7 Å². The highest BCUT2D eigenvalue weighted by Crippen LogP contribution is 2.19. The molecule has 0 N–H and O–H groups in total. The van der Waals surface area contributed by atoms with Gasteiger partial charge in [-0.2, -0.15) is 4.31 Å². The third kappa shape index (κ3) is 4.57. The molecule has 6 heteroatoms. The van der Waals surface area contributed by atoms with E-state index in [9.17, 15) is 13.2 Å². The van der Waals surface area contributed by atoms with E-state index in [4.69, 9.17) is 0 Å². The van der Waals surface area contributed by atoms with Crippen LogP contribution in [0.25, 0.3) is 0 Å². The van der Waals surface area contributed by atoms with Gasteiger partial charge in [0.1, 0.15) is 0 Å². The average molecular weight is 353 g/mol. The van der Waals surface area contributed by atoms with E-state index in [2.05, 4.69) is 6.92 Å². The van der Waals surface area contributed by atoms with E-state index in [1.165, 1.54) is 9.87 Å². The van der Waals surface area contributed by atoms with Crippen molar-refractivity contribution in [1.82, 2.24) is 9.21 Å². The van der Waals surface area contributed by atoms with Crippen molar-refractivity contribution in [3.8, 4) is 0 Å². The van der Waals surface area contributed by atoms with E-state index in [-0.39, 0.29) is 5.91 Å². The molecule has 0 radical (unpaired) electrons. The van der Waals surface area contributed by atoms with Crippen LogP contribution < -0.4 is 0 Å². The van der Waals surface area contributed by atoms with Crippen LogP contribution >= 0.6 is 0 Å². The lowest BCUT2D eigenvalue weighted by Crippen LogP contribution is -2.50. The first kappa shape index (κ1) is 18.9. The summed E-state index contributed by atoms with van der Waals surface area (Å²) in [5, 5.41) is 0. The zero-order valence-corrected chi connectivity index (χ0v) is 15.5. The van der Waals surface area contributed by atoms with Gasteiger partial charge in [0.05, 0.1) is 4.90 Å². The molecule has 1 aliphatic heterocycles. The van der Waals surface area contributed by atoms with Gasteiger partial charge in [-0.3, -0.25) is 4.79 Å². The molecule has 5 nitrogen and oxygen atoms in total. The summed E-state index contributed by atoms with van der Waals surface area (Å²) >= 11 is 0. The summed E-state index contributed by atoms with van der Waals surface area (Å²) in [6.07, 6.45) is 4.57. The van der Waals surface area contributed by atoms with Crippen LogP contribution in [0.4, 0.5) is 0 Å². The van der Waals surface area contributed by atoms with Gasteiger partial charge in [0, 0.05) is 32.6 Å². The number of amides is 1. The van der Waals surface area contributed by atoms with Crippen LogP contribution in [0.1, 0.15) is 45.1 Å². The maximum Gasteiger partial charge on any atom is 0.243 e. The molecule has 0 aliphatic carbocycles. The minimum Gasteiger partial charge on any atom is -0.340 e. The zero-order valence-electron chi connectivity index (χ0n) is 14.7. The van der Waals surface area contributed by atoms with E-state index in [1.54, 1.807) is 17.0 Å². The average Bonchev–Trinajstić information content (AvgIpc) is 2.60. The number of piperazine rings is 1. The number of carbonyl (C=O) groups excluding carboxylic acids is 1. The number of sulfonamides is 1. The van der Waals surface area contributed by atoms with Gasteiger partial charge in [-0.25, -0.2) is 8.42 Å². The molecule has 0 unspecified atom stereocenters. The molecule has 134 valence electrons. The first-order valence-electron chi connectivity index (χ1n) is 8.86. The zero-order chi connectivity index (χ0) is 17.6. The van der Waals surface area contributed by atoms with Gasteiger partial charge in [0.15, 0.2) is 0 Å². The van der Waals surface area contributed by atoms with Gasteiger partial charge in [-0.05, 0) is 37.0 Å². The monoisotopic (exact) mass is 352 g/mol. The molecule has 0 saturated carbocycles. The fourth-order valence-corrected chi connectivity index (χ4v) is 4.33. The lowest BCUT2D eigenvalue weighted by molar-refractivity contribution is -0.132. The van der Waals surface area contributed by atoms with Gasteiger partial charge in [0.25, 0.3) is 0 Å². The molecule has 1 amide bonds. The second-order valence-corrected chi connectivity index (χ2v) is 8.22.